The van der Waals surface area contributed by atoms with Crippen LogP contribution in [0.25, 0.3) is 10.9 Å². The number of nitrogens with two attached hydrogens (primary N) is 1. The van der Waals surface area contributed by atoms with Gasteiger partial charge in [-0.3, -0.25) is 4.98 Å². The highest BCUT2D eigenvalue weighted by atomic mass is 32.1. The molecule has 21 heavy (non-hydrogen) atoms. The molecule has 108 valence electrons. The number of aromatic nitrogens is 1. The minimum absolute atomic E-state index is 0.0392. The van der Waals surface area contributed by atoms with Gasteiger partial charge in [0.1, 0.15) is 17.4 Å². The average Bonchev–Trinajstić information content (AvgIpc) is 3.06. The van der Waals surface area contributed by atoms with Gasteiger partial charge in [0.05, 0.1) is 0 Å². The number of hydrogen-bond acceptors (Lipinski definition) is 4. The van der Waals surface area contributed by atoms with Crippen molar-refractivity contribution in [3.8, 4) is 5.75 Å². The van der Waals surface area contributed by atoms with E-state index in [1.807, 2.05) is 36.4 Å². The van der Waals surface area contributed by atoms with E-state index in [4.69, 9.17) is 10.5 Å². The highest BCUT2D eigenvalue weighted by molar-refractivity contribution is 7.10. The maximum Gasteiger partial charge on any atom is 0.148 e. The standard InChI is InChI=1S/C17H18N2OS/c1-2-13(18)17(15-9-5-11-21-15)20-14-8-3-6-12-7-4-10-19-16(12)14/h3-11,13,17H,2,18H2,1H3. The molecular formula is C17H18N2OS. The fourth-order valence-electron chi connectivity index (χ4n) is 2.33. The van der Waals surface area contributed by atoms with Gasteiger partial charge < -0.3 is 10.5 Å². The lowest BCUT2D eigenvalue weighted by atomic mass is 10.1. The molecule has 2 aromatic heterocycles. The van der Waals surface area contributed by atoms with E-state index in [9.17, 15) is 0 Å². The van der Waals surface area contributed by atoms with Gasteiger partial charge in [0.25, 0.3) is 0 Å². The maximum absolute atomic E-state index is 6.26. The Morgan fingerprint density at radius 2 is 2.05 bits per heavy atom. The fourth-order valence-corrected chi connectivity index (χ4v) is 3.16. The Labute approximate surface area is 128 Å². The number of pyridine rings is 1. The first-order valence-electron chi connectivity index (χ1n) is 7.09. The lowest BCUT2D eigenvalue weighted by Crippen LogP contribution is -2.31. The first kappa shape index (κ1) is 14.0. The Morgan fingerprint density at radius 1 is 1.19 bits per heavy atom. The van der Waals surface area contributed by atoms with Gasteiger partial charge in [-0.2, -0.15) is 0 Å². The van der Waals surface area contributed by atoms with E-state index in [2.05, 4.69) is 23.4 Å². The number of para-hydroxylation sites is 1. The van der Waals surface area contributed by atoms with Crippen LogP contribution in [0.3, 0.4) is 0 Å². The number of benzene rings is 1. The molecule has 0 fully saturated rings. The first-order valence-corrected chi connectivity index (χ1v) is 7.97. The zero-order valence-electron chi connectivity index (χ0n) is 11.9. The van der Waals surface area contributed by atoms with Crippen LogP contribution in [0.15, 0.2) is 54.0 Å². The van der Waals surface area contributed by atoms with Crippen LogP contribution in [0.2, 0.25) is 0 Å². The highest BCUT2D eigenvalue weighted by Gasteiger charge is 2.22. The molecular weight excluding hydrogens is 280 g/mol. The molecule has 2 unspecified atom stereocenters. The molecule has 0 spiro atoms. The minimum Gasteiger partial charge on any atom is -0.481 e. The van der Waals surface area contributed by atoms with Crippen LogP contribution in [-0.2, 0) is 0 Å². The van der Waals surface area contributed by atoms with E-state index < -0.39 is 0 Å². The van der Waals surface area contributed by atoms with Gasteiger partial charge in [-0.15, -0.1) is 11.3 Å². The van der Waals surface area contributed by atoms with Crippen LogP contribution in [-0.4, -0.2) is 11.0 Å². The summed E-state index contributed by atoms with van der Waals surface area (Å²) >= 11 is 1.67. The summed E-state index contributed by atoms with van der Waals surface area (Å²) in [5.41, 5.74) is 7.14. The molecule has 0 saturated carbocycles. The van der Waals surface area contributed by atoms with Gasteiger partial charge in [0.2, 0.25) is 0 Å². The normalized spacial score (nSPS) is 14.0. The van der Waals surface area contributed by atoms with E-state index in [0.29, 0.717) is 0 Å². The predicted octanol–water partition coefficient (Wildman–Crippen LogP) is 4.15. The van der Waals surface area contributed by atoms with Gasteiger partial charge >= 0.3 is 0 Å². The molecule has 4 heteroatoms. The summed E-state index contributed by atoms with van der Waals surface area (Å²) in [5, 5.41) is 3.13. The van der Waals surface area contributed by atoms with E-state index >= 15 is 0 Å². The van der Waals surface area contributed by atoms with Crippen LogP contribution in [0.5, 0.6) is 5.75 Å². The SMILES string of the molecule is CCC(N)C(Oc1cccc2cccnc12)c1cccs1. The summed E-state index contributed by atoms with van der Waals surface area (Å²) in [6, 6.07) is 14.0. The monoisotopic (exact) mass is 298 g/mol. The number of fused-ring (bicyclic) bond motifs is 1. The number of rotatable bonds is 5. The third-order valence-corrected chi connectivity index (χ3v) is 4.47. The van der Waals surface area contributed by atoms with Crippen LogP contribution >= 0.6 is 11.3 Å². The smallest absolute Gasteiger partial charge is 0.148 e. The van der Waals surface area contributed by atoms with Gasteiger partial charge in [0, 0.05) is 22.5 Å². The predicted molar refractivity (Wildman–Crippen MR) is 87.7 cm³/mol. The third kappa shape index (κ3) is 2.91. The lowest BCUT2D eigenvalue weighted by Gasteiger charge is -2.23. The van der Waals surface area contributed by atoms with E-state index in [0.717, 1.165) is 28.0 Å². The Kier molecular flexibility index (Phi) is 4.18. The van der Waals surface area contributed by atoms with Crippen LogP contribution in [0, 0.1) is 0 Å². The van der Waals surface area contributed by atoms with Crippen molar-refractivity contribution in [1.29, 1.82) is 0 Å². The quantitative estimate of drug-likeness (QED) is 0.769. The number of ether oxygens (including phenoxy) is 1. The van der Waals surface area contributed by atoms with Crippen molar-refractivity contribution < 1.29 is 4.74 Å². The van der Waals surface area contributed by atoms with E-state index in [-0.39, 0.29) is 12.1 Å². The van der Waals surface area contributed by atoms with Gasteiger partial charge in [0.15, 0.2) is 0 Å². The Balaban J connectivity index is 1.98. The molecule has 3 aromatic rings. The average molecular weight is 298 g/mol. The van der Waals surface area contributed by atoms with E-state index in [1.54, 1.807) is 17.5 Å². The summed E-state index contributed by atoms with van der Waals surface area (Å²) in [6.07, 6.45) is 2.51. The first-order chi connectivity index (χ1) is 10.3. The van der Waals surface area contributed by atoms with Crippen molar-refractivity contribution in [3.05, 3.63) is 58.9 Å². The largest absolute Gasteiger partial charge is 0.481 e. The lowest BCUT2D eigenvalue weighted by molar-refractivity contribution is 0.176. The summed E-state index contributed by atoms with van der Waals surface area (Å²) in [5.74, 6) is 0.787. The number of thiophene rings is 1. The molecule has 0 bridgehead atoms. The molecule has 0 aliphatic carbocycles. The van der Waals surface area contributed by atoms with Gasteiger partial charge in [-0.1, -0.05) is 31.2 Å². The third-order valence-electron chi connectivity index (χ3n) is 3.53. The van der Waals surface area contributed by atoms with Crippen molar-refractivity contribution in [2.45, 2.75) is 25.5 Å². The topological polar surface area (TPSA) is 48.1 Å². The maximum atomic E-state index is 6.26. The fraction of sp³-hybridized carbons (Fsp3) is 0.235. The molecule has 1 aromatic carbocycles. The zero-order valence-corrected chi connectivity index (χ0v) is 12.7. The summed E-state index contributed by atoms with van der Waals surface area (Å²) in [7, 11) is 0. The zero-order chi connectivity index (χ0) is 14.7. The van der Waals surface area contributed by atoms with Crippen LogP contribution in [0.4, 0.5) is 0 Å². The summed E-state index contributed by atoms with van der Waals surface area (Å²) < 4.78 is 6.25. The highest BCUT2D eigenvalue weighted by Crippen LogP contribution is 2.32. The molecule has 2 heterocycles. The van der Waals surface area contributed by atoms with Crippen molar-refractivity contribution in [2.75, 3.05) is 0 Å². The van der Waals surface area contributed by atoms with Crippen molar-refractivity contribution in [1.82, 2.24) is 4.98 Å². The number of nitrogens with zero attached hydrogens (tertiary/aromatic N) is 1. The molecule has 3 nitrogen and oxygen atoms in total. The van der Waals surface area contributed by atoms with Crippen molar-refractivity contribution in [2.24, 2.45) is 5.73 Å². The summed E-state index contributed by atoms with van der Waals surface area (Å²) in [6.45, 7) is 2.08. The second-order valence-electron chi connectivity index (χ2n) is 4.96. The van der Waals surface area contributed by atoms with Gasteiger partial charge in [-0.25, -0.2) is 0 Å². The van der Waals surface area contributed by atoms with Crippen LogP contribution < -0.4 is 10.5 Å². The molecule has 0 saturated heterocycles. The summed E-state index contributed by atoms with van der Waals surface area (Å²) in [4.78, 5) is 5.59. The van der Waals surface area contributed by atoms with E-state index in [1.165, 1.54) is 0 Å². The van der Waals surface area contributed by atoms with Crippen LogP contribution in [0.1, 0.15) is 24.3 Å². The second kappa shape index (κ2) is 6.24. The Morgan fingerprint density at radius 3 is 2.81 bits per heavy atom. The van der Waals surface area contributed by atoms with Crippen molar-refractivity contribution >= 4 is 22.2 Å². The molecule has 0 aliphatic rings. The molecule has 2 atom stereocenters. The second-order valence-corrected chi connectivity index (χ2v) is 5.94. The molecule has 0 radical (unpaired) electrons. The Bertz CT molecular complexity index is 706. The van der Waals surface area contributed by atoms with Crippen molar-refractivity contribution in [3.63, 3.8) is 0 Å². The minimum atomic E-state index is -0.136. The molecule has 2 N–H and O–H groups in total. The molecule has 0 amide bonds. The number of hydrogen-bond donors (Lipinski definition) is 1. The molecule has 3 rings (SSSR count). The van der Waals surface area contributed by atoms with Gasteiger partial charge in [-0.05, 0) is 30.0 Å². The molecule has 0 aliphatic heterocycles. The Hall–Kier alpha value is -1.91.